The molecule has 1 aliphatic rings. The molecule has 0 saturated carbocycles. The van der Waals surface area contributed by atoms with Crippen LogP contribution in [0.3, 0.4) is 0 Å². The molecule has 7 aromatic carbocycles. The topological polar surface area (TPSA) is 46.1 Å². The summed E-state index contributed by atoms with van der Waals surface area (Å²) in [6.07, 6.45) is 9.52. The molecule has 0 radical (unpaired) electrons. The SMILES string of the molecule is N=C1C=CC=C/C1=C(/N=Cc1ccc(-n2c3ccccc3c3c4ccc5c6ccccc6n(-c6ccccc6)c5c4ccc32)cc1)c1ccccc1. The first kappa shape index (κ1) is 29.8. The van der Waals surface area contributed by atoms with Crippen LogP contribution in [0.2, 0.25) is 0 Å². The molecule has 4 heteroatoms. The average molecular weight is 665 g/mol. The summed E-state index contributed by atoms with van der Waals surface area (Å²) in [4.78, 5) is 4.95. The summed E-state index contributed by atoms with van der Waals surface area (Å²) in [6.45, 7) is 0. The third-order valence-corrected chi connectivity index (χ3v) is 10.2. The lowest BCUT2D eigenvalue weighted by Crippen LogP contribution is -2.01. The maximum absolute atomic E-state index is 8.54. The summed E-state index contributed by atoms with van der Waals surface area (Å²) in [5.41, 5.74) is 11.0. The van der Waals surface area contributed by atoms with Crippen LogP contribution in [0, 0.1) is 5.41 Å². The predicted octanol–water partition coefficient (Wildman–Crippen LogP) is 12.0. The Hall–Kier alpha value is -7.04. The van der Waals surface area contributed by atoms with Gasteiger partial charge in [0.1, 0.15) is 0 Å². The molecule has 0 amide bonds. The number of aromatic nitrogens is 2. The van der Waals surface area contributed by atoms with Crippen LogP contribution in [0.5, 0.6) is 0 Å². The van der Waals surface area contributed by atoms with Gasteiger partial charge in [-0.05, 0) is 59.5 Å². The smallest absolute Gasteiger partial charge is 0.0795 e. The van der Waals surface area contributed by atoms with Crippen LogP contribution >= 0.6 is 0 Å². The van der Waals surface area contributed by atoms with Crippen molar-refractivity contribution in [1.29, 1.82) is 5.41 Å². The lowest BCUT2D eigenvalue weighted by molar-refractivity contribution is 1.18. The number of nitrogens with zero attached hydrogens (tertiary/aromatic N) is 3. The largest absolute Gasteiger partial charge is 0.309 e. The molecule has 0 atom stereocenters. The van der Waals surface area contributed by atoms with Crippen molar-refractivity contribution in [3.8, 4) is 11.4 Å². The van der Waals surface area contributed by atoms with Gasteiger partial charge in [-0.15, -0.1) is 0 Å². The number of benzene rings is 7. The Balaban J connectivity index is 1.13. The van der Waals surface area contributed by atoms with E-state index in [2.05, 4.69) is 137 Å². The van der Waals surface area contributed by atoms with E-state index in [4.69, 9.17) is 10.4 Å². The fraction of sp³-hybridized carbons (Fsp3) is 0. The van der Waals surface area contributed by atoms with Crippen molar-refractivity contribution in [3.05, 3.63) is 199 Å². The van der Waals surface area contributed by atoms with Gasteiger partial charge < -0.3 is 14.5 Å². The number of allylic oxidation sites excluding steroid dienone is 5. The van der Waals surface area contributed by atoms with Gasteiger partial charge in [0.15, 0.2) is 0 Å². The zero-order chi connectivity index (χ0) is 34.6. The van der Waals surface area contributed by atoms with Crippen LogP contribution in [0.4, 0.5) is 0 Å². The normalized spacial score (nSPS) is 14.2. The molecule has 0 bridgehead atoms. The van der Waals surface area contributed by atoms with Gasteiger partial charge in [0, 0.05) is 55.7 Å². The average Bonchev–Trinajstić information content (AvgIpc) is 3.73. The number of rotatable bonds is 5. The van der Waals surface area contributed by atoms with E-state index in [-0.39, 0.29) is 0 Å². The van der Waals surface area contributed by atoms with Crippen LogP contribution in [0.1, 0.15) is 11.1 Å². The zero-order valence-corrected chi connectivity index (χ0v) is 28.2. The fourth-order valence-corrected chi connectivity index (χ4v) is 7.89. The Kier molecular flexibility index (Phi) is 6.93. The fourth-order valence-electron chi connectivity index (χ4n) is 7.89. The molecule has 9 aromatic rings. The van der Waals surface area contributed by atoms with Crippen LogP contribution in [0.25, 0.3) is 71.5 Å². The number of aliphatic imine (C=N–C) groups is 1. The van der Waals surface area contributed by atoms with Gasteiger partial charge >= 0.3 is 0 Å². The molecule has 0 saturated heterocycles. The van der Waals surface area contributed by atoms with E-state index in [1.54, 1.807) is 0 Å². The maximum atomic E-state index is 8.54. The van der Waals surface area contributed by atoms with Crippen molar-refractivity contribution in [3.63, 3.8) is 0 Å². The van der Waals surface area contributed by atoms with Gasteiger partial charge in [0.05, 0.1) is 33.5 Å². The summed E-state index contributed by atoms with van der Waals surface area (Å²) < 4.78 is 4.79. The van der Waals surface area contributed by atoms with E-state index in [0.717, 1.165) is 33.8 Å². The highest BCUT2D eigenvalue weighted by Gasteiger charge is 2.19. The molecule has 2 heterocycles. The molecule has 0 fully saturated rings. The van der Waals surface area contributed by atoms with Gasteiger partial charge in [-0.3, -0.25) is 4.99 Å². The molecule has 4 nitrogen and oxygen atoms in total. The maximum Gasteiger partial charge on any atom is 0.0795 e. The molecular formula is C48H32N4. The summed E-state index contributed by atoms with van der Waals surface area (Å²) in [7, 11) is 0. The molecule has 1 N–H and O–H groups in total. The Labute approximate surface area is 300 Å². The highest BCUT2D eigenvalue weighted by molar-refractivity contribution is 6.28. The second-order valence-corrected chi connectivity index (χ2v) is 13.2. The lowest BCUT2D eigenvalue weighted by Gasteiger charge is -2.12. The summed E-state index contributed by atoms with van der Waals surface area (Å²) in [5, 5.41) is 16.0. The van der Waals surface area contributed by atoms with E-state index < -0.39 is 0 Å². The molecule has 0 unspecified atom stereocenters. The number of para-hydroxylation sites is 3. The predicted molar refractivity (Wildman–Crippen MR) is 220 cm³/mol. The first-order chi connectivity index (χ1) is 25.7. The van der Waals surface area contributed by atoms with Crippen molar-refractivity contribution in [1.82, 2.24) is 9.13 Å². The summed E-state index contributed by atoms with van der Waals surface area (Å²) >= 11 is 0. The van der Waals surface area contributed by atoms with E-state index in [1.165, 1.54) is 54.4 Å². The Morgan fingerprint density at radius 1 is 0.481 bits per heavy atom. The third kappa shape index (κ3) is 4.69. The second-order valence-electron chi connectivity index (χ2n) is 13.2. The summed E-state index contributed by atoms with van der Waals surface area (Å²) in [5.74, 6) is 0. The van der Waals surface area contributed by atoms with Gasteiger partial charge in [-0.2, -0.15) is 0 Å². The van der Waals surface area contributed by atoms with Gasteiger partial charge in [0.2, 0.25) is 0 Å². The number of nitrogens with one attached hydrogen (secondary N) is 1. The zero-order valence-electron chi connectivity index (χ0n) is 28.2. The standard InChI is InChI=1S/C48H32N4/c49-42-20-10-7-18-40(42)47(33-13-3-1-4-14-33)50-31-32-23-25-35(26-24-32)51-44-22-12-9-19-41(44)46-37-27-28-38-36-17-8-11-21-43(36)52(34-15-5-2-6-16-34)48(38)39(37)29-30-45(46)51/h1-31,49H/b47-40-,49-42?,50-31?. The first-order valence-electron chi connectivity index (χ1n) is 17.6. The van der Waals surface area contributed by atoms with E-state index in [9.17, 15) is 0 Å². The summed E-state index contributed by atoms with van der Waals surface area (Å²) in [6, 6.07) is 56.0. The monoisotopic (exact) mass is 664 g/mol. The quantitative estimate of drug-likeness (QED) is 0.178. The second kappa shape index (κ2) is 12.1. The highest BCUT2D eigenvalue weighted by Crippen LogP contribution is 2.42. The molecule has 0 aliphatic heterocycles. The number of hydrogen-bond acceptors (Lipinski definition) is 2. The van der Waals surface area contributed by atoms with E-state index in [1.807, 2.05) is 60.9 Å². The third-order valence-electron chi connectivity index (χ3n) is 10.2. The molecular weight excluding hydrogens is 633 g/mol. The lowest BCUT2D eigenvalue weighted by atomic mass is 9.99. The van der Waals surface area contributed by atoms with Crippen molar-refractivity contribution < 1.29 is 0 Å². The van der Waals surface area contributed by atoms with E-state index >= 15 is 0 Å². The molecule has 0 spiro atoms. The van der Waals surface area contributed by atoms with Crippen molar-refractivity contribution >= 4 is 72.0 Å². The van der Waals surface area contributed by atoms with Crippen molar-refractivity contribution in [2.75, 3.05) is 0 Å². The Morgan fingerprint density at radius 2 is 1.08 bits per heavy atom. The van der Waals surface area contributed by atoms with Crippen LogP contribution in [-0.4, -0.2) is 21.1 Å². The highest BCUT2D eigenvalue weighted by atomic mass is 15.0. The first-order valence-corrected chi connectivity index (χ1v) is 17.6. The van der Waals surface area contributed by atoms with Gasteiger partial charge in [0.25, 0.3) is 0 Å². The van der Waals surface area contributed by atoms with Gasteiger partial charge in [-0.25, -0.2) is 0 Å². The van der Waals surface area contributed by atoms with Crippen LogP contribution in [-0.2, 0) is 0 Å². The number of hydrogen-bond donors (Lipinski definition) is 1. The Bertz CT molecular complexity index is 2990. The minimum atomic E-state index is 0.454. The molecule has 2 aromatic heterocycles. The molecule has 10 rings (SSSR count). The van der Waals surface area contributed by atoms with Gasteiger partial charge in [-0.1, -0.05) is 133 Å². The van der Waals surface area contributed by atoms with E-state index in [0.29, 0.717) is 5.71 Å². The van der Waals surface area contributed by atoms with Crippen LogP contribution < -0.4 is 0 Å². The minimum absolute atomic E-state index is 0.454. The van der Waals surface area contributed by atoms with Crippen molar-refractivity contribution in [2.24, 2.45) is 4.99 Å². The molecule has 244 valence electrons. The Morgan fingerprint density at radius 3 is 1.85 bits per heavy atom. The van der Waals surface area contributed by atoms with Crippen LogP contribution in [0.15, 0.2) is 193 Å². The minimum Gasteiger partial charge on any atom is -0.309 e. The number of fused-ring (bicyclic) bond motifs is 9. The molecule has 1 aliphatic carbocycles. The van der Waals surface area contributed by atoms with Crippen molar-refractivity contribution in [2.45, 2.75) is 0 Å². The molecule has 52 heavy (non-hydrogen) atoms.